The van der Waals surface area contributed by atoms with E-state index in [0.717, 1.165) is 42.6 Å². The van der Waals surface area contributed by atoms with E-state index in [4.69, 9.17) is 9.26 Å². The first kappa shape index (κ1) is 18.8. The van der Waals surface area contributed by atoms with Crippen molar-refractivity contribution in [3.05, 3.63) is 60.2 Å². The van der Waals surface area contributed by atoms with Gasteiger partial charge in [-0.3, -0.25) is 9.78 Å². The molecule has 3 atom stereocenters. The number of hydrogen-bond acceptors (Lipinski definition) is 6. The number of ether oxygens (including phenoxy) is 1. The monoisotopic (exact) mass is 404 g/mol. The second-order valence-corrected chi connectivity index (χ2v) is 8.16. The lowest BCUT2D eigenvalue weighted by Gasteiger charge is -2.37. The van der Waals surface area contributed by atoms with Crippen LogP contribution >= 0.6 is 0 Å². The molecule has 0 spiro atoms. The van der Waals surface area contributed by atoms with E-state index >= 15 is 0 Å². The number of hydrogen-bond donors (Lipinski definition) is 0. The van der Waals surface area contributed by atoms with E-state index < -0.39 is 0 Å². The van der Waals surface area contributed by atoms with Gasteiger partial charge >= 0.3 is 0 Å². The van der Waals surface area contributed by atoms with Gasteiger partial charge in [-0.15, -0.1) is 0 Å². The molecule has 0 radical (unpaired) electrons. The highest BCUT2D eigenvalue weighted by Gasteiger charge is 2.45. The Kier molecular flexibility index (Phi) is 4.94. The molecule has 0 saturated carbocycles. The molecule has 1 aromatic carbocycles. The van der Waals surface area contributed by atoms with Crippen LogP contribution in [0.25, 0.3) is 11.4 Å². The minimum absolute atomic E-state index is 0.0593. The average molecular weight is 404 g/mol. The maximum atomic E-state index is 12.9. The first-order valence-corrected chi connectivity index (χ1v) is 10.4. The first-order chi connectivity index (χ1) is 14.7. The number of fused-ring (bicyclic) bond motifs is 2. The third kappa shape index (κ3) is 3.67. The number of benzene rings is 1. The highest BCUT2D eigenvalue weighted by atomic mass is 16.5. The second-order valence-electron chi connectivity index (χ2n) is 8.16. The van der Waals surface area contributed by atoms with Gasteiger partial charge in [-0.05, 0) is 62.4 Å². The molecular weight excluding hydrogens is 380 g/mol. The molecule has 154 valence electrons. The van der Waals surface area contributed by atoms with E-state index in [2.05, 4.69) is 15.1 Å². The summed E-state index contributed by atoms with van der Waals surface area (Å²) in [6.45, 7) is 2.09. The molecule has 5 rings (SSSR count). The summed E-state index contributed by atoms with van der Waals surface area (Å²) in [4.78, 5) is 23.6. The van der Waals surface area contributed by atoms with E-state index in [1.807, 2.05) is 48.2 Å². The fraction of sp³-hybridized carbons (Fsp3) is 0.391. The number of nitrogens with zero attached hydrogens (tertiary/aromatic N) is 4. The third-order valence-electron chi connectivity index (χ3n) is 6.08. The van der Waals surface area contributed by atoms with Gasteiger partial charge in [0.05, 0.1) is 0 Å². The molecule has 7 nitrogen and oxygen atoms in total. The third-order valence-corrected chi connectivity index (χ3v) is 6.08. The quantitative estimate of drug-likeness (QED) is 0.644. The molecule has 2 saturated heterocycles. The van der Waals surface area contributed by atoms with Gasteiger partial charge in [0.2, 0.25) is 11.7 Å². The summed E-state index contributed by atoms with van der Waals surface area (Å²) >= 11 is 0. The predicted molar refractivity (Wildman–Crippen MR) is 110 cm³/mol. The van der Waals surface area contributed by atoms with Crippen LogP contribution in [0.1, 0.15) is 43.1 Å². The number of piperidine rings is 1. The molecule has 30 heavy (non-hydrogen) atoms. The molecule has 0 aliphatic carbocycles. The zero-order valence-corrected chi connectivity index (χ0v) is 16.9. The molecule has 0 N–H and O–H groups in total. The minimum atomic E-state index is 0.0593. The van der Waals surface area contributed by atoms with Crippen molar-refractivity contribution in [2.75, 3.05) is 6.61 Å². The second kappa shape index (κ2) is 7.89. The minimum Gasteiger partial charge on any atom is -0.484 e. The Bertz CT molecular complexity index is 1020. The van der Waals surface area contributed by atoms with E-state index in [0.29, 0.717) is 11.7 Å². The molecule has 2 aliphatic rings. The summed E-state index contributed by atoms with van der Waals surface area (Å²) in [5, 5.41) is 4.13. The van der Waals surface area contributed by atoms with Gasteiger partial charge < -0.3 is 14.2 Å². The van der Waals surface area contributed by atoms with Gasteiger partial charge in [0.1, 0.15) is 5.75 Å². The Hall–Kier alpha value is -3.22. The Labute approximate surface area is 175 Å². The van der Waals surface area contributed by atoms with Crippen LogP contribution in [-0.2, 0) is 4.79 Å². The highest BCUT2D eigenvalue weighted by Crippen LogP contribution is 2.43. The summed E-state index contributed by atoms with van der Waals surface area (Å²) in [6, 6.07) is 12.0. The molecule has 1 amide bonds. The first-order valence-electron chi connectivity index (χ1n) is 10.4. The molecule has 2 fully saturated rings. The van der Waals surface area contributed by atoms with Crippen LogP contribution in [0.3, 0.4) is 0 Å². The standard InChI is InChI=1S/C23H24N4O3/c1-15-4-2-6-20(10-15)29-14-21(28)27-18-7-8-19(27)12-17(11-18)23-25-22(26-30-23)16-5-3-9-24-13-16/h2-6,9-10,13,17-19H,7-8,11-12,14H2,1H3/t17?,18-,19+. The number of carbonyl (C=O) groups is 1. The van der Waals surface area contributed by atoms with Crippen LogP contribution in [-0.4, -0.2) is 44.6 Å². The number of pyridine rings is 1. The highest BCUT2D eigenvalue weighted by molar-refractivity contribution is 5.79. The van der Waals surface area contributed by atoms with Crippen molar-refractivity contribution in [3.8, 4) is 17.1 Å². The zero-order valence-electron chi connectivity index (χ0n) is 16.9. The molecule has 7 heteroatoms. The van der Waals surface area contributed by atoms with Crippen LogP contribution in [0.15, 0.2) is 53.3 Å². The Morgan fingerprint density at radius 1 is 1.20 bits per heavy atom. The van der Waals surface area contributed by atoms with Gasteiger partial charge in [0.15, 0.2) is 6.61 Å². The predicted octanol–water partition coefficient (Wildman–Crippen LogP) is 3.76. The summed E-state index contributed by atoms with van der Waals surface area (Å²) in [5.41, 5.74) is 1.96. The lowest BCUT2D eigenvalue weighted by atomic mass is 9.90. The van der Waals surface area contributed by atoms with Gasteiger partial charge in [-0.2, -0.15) is 4.98 Å². The number of carbonyl (C=O) groups excluding carboxylic acids is 1. The SMILES string of the molecule is Cc1cccc(OCC(=O)N2[C@@H]3CC[C@H]2CC(c2nc(-c4cccnc4)no2)C3)c1. The molecular formula is C23H24N4O3. The van der Waals surface area contributed by atoms with Crippen LogP contribution in [0, 0.1) is 6.92 Å². The average Bonchev–Trinajstić information content (AvgIpc) is 3.36. The maximum Gasteiger partial charge on any atom is 0.261 e. The van der Waals surface area contributed by atoms with Gasteiger partial charge in [0.25, 0.3) is 5.91 Å². The molecule has 2 aromatic heterocycles. The summed E-state index contributed by atoms with van der Waals surface area (Å²) in [6.07, 6.45) is 7.18. The molecule has 4 heterocycles. The fourth-order valence-corrected chi connectivity index (χ4v) is 4.72. The van der Waals surface area contributed by atoms with E-state index in [1.54, 1.807) is 12.4 Å². The molecule has 3 aromatic rings. The van der Waals surface area contributed by atoms with Crippen molar-refractivity contribution < 1.29 is 14.1 Å². The maximum absolute atomic E-state index is 12.9. The number of aromatic nitrogens is 3. The van der Waals surface area contributed by atoms with Crippen LogP contribution in [0.2, 0.25) is 0 Å². The van der Waals surface area contributed by atoms with E-state index in [9.17, 15) is 4.79 Å². The Balaban J connectivity index is 1.24. The smallest absolute Gasteiger partial charge is 0.261 e. The van der Waals surface area contributed by atoms with Gasteiger partial charge in [-0.25, -0.2) is 0 Å². The summed E-state index contributed by atoms with van der Waals surface area (Å²) < 4.78 is 11.3. The Morgan fingerprint density at radius 3 is 2.77 bits per heavy atom. The van der Waals surface area contributed by atoms with Crippen LogP contribution in [0.5, 0.6) is 5.75 Å². The lowest BCUT2D eigenvalue weighted by Crippen LogP contribution is -2.48. The van der Waals surface area contributed by atoms with Crippen molar-refractivity contribution in [1.82, 2.24) is 20.0 Å². The summed E-state index contributed by atoms with van der Waals surface area (Å²) in [5.74, 6) is 2.20. The number of rotatable bonds is 5. The molecule has 1 unspecified atom stereocenters. The fourth-order valence-electron chi connectivity index (χ4n) is 4.72. The topological polar surface area (TPSA) is 81.4 Å². The van der Waals surface area contributed by atoms with Crippen LogP contribution in [0.4, 0.5) is 0 Å². The van der Waals surface area contributed by atoms with E-state index in [1.165, 1.54) is 0 Å². The van der Waals surface area contributed by atoms with Crippen molar-refractivity contribution in [2.45, 2.75) is 50.6 Å². The van der Waals surface area contributed by atoms with Gasteiger partial charge in [0, 0.05) is 36.0 Å². The Morgan fingerprint density at radius 2 is 2.03 bits per heavy atom. The summed E-state index contributed by atoms with van der Waals surface area (Å²) in [7, 11) is 0. The number of aryl methyl sites for hydroxylation is 1. The van der Waals surface area contributed by atoms with Crippen molar-refractivity contribution in [2.24, 2.45) is 0 Å². The van der Waals surface area contributed by atoms with Crippen molar-refractivity contribution in [1.29, 1.82) is 0 Å². The van der Waals surface area contributed by atoms with Crippen molar-refractivity contribution in [3.63, 3.8) is 0 Å². The van der Waals surface area contributed by atoms with Crippen LogP contribution < -0.4 is 4.74 Å². The lowest BCUT2D eigenvalue weighted by molar-refractivity contribution is -0.138. The normalized spacial score (nSPS) is 22.8. The van der Waals surface area contributed by atoms with Crippen molar-refractivity contribution >= 4 is 5.91 Å². The van der Waals surface area contributed by atoms with Gasteiger partial charge in [-0.1, -0.05) is 17.3 Å². The zero-order chi connectivity index (χ0) is 20.5. The number of amides is 1. The molecule has 2 aliphatic heterocycles. The largest absolute Gasteiger partial charge is 0.484 e. The molecule has 2 bridgehead atoms. The van der Waals surface area contributed by atoms with E-state index in [-0.39, 0.29) is 30.5 Å².